The molecule has 182 valence electrons. The maximum Gasteiger partial charge on any atom is 0.234 e. The fourth-order valence-electron chi connectivity index (χ4n) is 4.07. The number of nitrogens with one attached hydrogen (secondary N) is 1. The van der Waals surface area contributed by atoms with E-state index in [4.69, 9.17) is 0 Å². The van der Waals surface area contributed by atoms with Crippen LogP contribution in [0.15, 0.2) is 25.3 Å². The van der Waals surface area contributed by atoms with E-state index < -0.39 is 0 Å². The van der Waals surface area contributed by atoms with Gasteiger partial charge in [-0.05, 0) is 6.42 Å². The van der Waals surface area contributed by atoms with Gasteiger partial charge in [0.1, 0.15) is 0 Å². The molecular weight excluding hydrogens is 380 g/mol. The molecule has 1 amide bonds. The van der Waals surface area contributed by atoms with E-state index in [1.807, 2.05) is 5.01 Å². The Morgan fingerprint density at radius 1 is 0.613 bits per heavy atom. The molecule has 1 N–H and O–H groups in total. The summed E-state index contributed by atoms with van der Waals surface area (Å²) < 4.78 is 0. The molecule has 0 aliphatic heterocycles. The Balaban J connectivity index is 3.25. The molecule has 0 aliphatic rings. The molecule has 0 aliphatic carbocycles. The van der Waals surface area contributed by atoms with Gasteiger partial charge in [-0.3, -0.25) is 10.2 Å². The van der Waals surface area contributed by atoms with Crippen LogP contribution < -0.4 is 5.43 Å². The minimum absolute atomic E-state index is 0.107. The van der Waals surface area contributed by atoms with Gasteiger partial charge < -0.3 is 0 Å². The highest BCUT2D eigenvalue weighted by molar-refractivity contribution is 5.75. The van der Waals surface area contributed by atoms with Crippen LogP contribution in [0.25, 0.3) is 0 Å². The zero-order chi connectivity index (χ0) is 22.8. The summed E-state index contributed by atoms with van der Waals surface area (Å²) >= 11 is 0. The van der Waals surface area contributed by atoms with Gasteiger partial charge >= 0.3 is 0 Å². The van der Waals surface area contributed by atoms with E-state index >= 15 is 0 Å². The summed E-state index contributed by atoms with van der Waals surface area (Å²) in [6.45, 7) is 11.0. The molecule has 0 aromatic heterocycles. The fourth-order valence-corrected chi connectivity index (χ4v) is 4.07. The van der Waals surface area contributed by atoms with Crippen molar-refractivity contribution in [2.45, 2.75) is 135 Å². The predicted octanol–water partition coefficient (Wildman–Crippen LogP) is 8.51. The summed E-state index contributed by atoms with van der Waals surface area (Å²) in [5, 5.41) is 1.85. The Kier molecular flexibility index (Phi) is 24.3. The van der Waals surface area contributed by atoms with Crippen LogP contribution in [0.3, 0.4) is 0 Å². The number of amides is 1. The van der Waals surface area contributed by atoms with Crippen LogP contribution in [0.4, 0.5) is 0 Å². The summed E-state index contributed by atoms with van der Waals surface area (Å²) in [5.74, 6) is 0.107. The molecular formula is C28H54N2O. The predicted molar refractivity (Wildman–Crippen MR) is 138 cm³/mol. The molecule has 31 heavy (non-hydrogen) atoms. The SMILES string of the molecule is C=CCN(CC=C)NC(=O)CCCCCCCCCCCCCCCCCCCCC. The highest BCUT2D eigenvalue weighted by Crippen LogP contribution is 2.14. The molecule has 0 spiro atoms. The second kappa shape index (κ2) is 25.2. The van der Waals surface area contributed by atoms with Gasteiger partial charge in [0, 0.05) is 19.5 Å². The fraction of sp³-hybridized carbons (Fsp3) is 0.821. The van der Waals surface area contributed by atoms with E-state index in [2.05, 4.69) is 25.5 Å². The Hall–Kier alpha value is -1.09. The normalized spacial score (nSPS) is 11.0. The lowest BCUT2D eigenvalue weighted by Gasteiger charge is -2.19. The van der Waals surface area contributed by atoms with Crippen molar-refractivity contribution in [1.82, 2.24) is 10.4 Å². The summed E-state index contributed by atoms with van der Waals surface area (Å²) in [6, 6.07) is 0. The quantitative estimate of drug-likeness (QED) is 0.0887. The molecule has 0 fully saturated rings. The van der Waals surface area contributed by atoms with E-state index in [1.165, 1.54) is 109 Å². The summed E-state index contributed by atoms with van der Waals surface area (Å²) in [7, 11) is 0. The first kappa shape index (κ1) is 29.9. The average Bonchev–Trinajstić information content (AvgIpc) is 2.75. The molecule has 0 saturated heterocycles. The van der Waals surface area contributed by atoms with Crippen LogP contribution in [0.1, 0.15) is 135 Å². The van der Waals surface area contributed by atoms with Crippen molar-refractivity contribution in [1.29, 1.82) is 0 Å². The van der Waals surface area contributed by atoms with Crippen molar-refractivity contribution in [3.63, 3.8) is 0 Å². The number of carbonyl (C=O) groups is 1. The van der Waals surface area contributed by atoms with Crippen molar-refractivity contribution in [3.05, 3.63) is 25.3 Å². The first-order valence-corrected chi connectivity index (χ1v) is 13.5. The molecule has 3 nitrogen and oxygen atoms in total. The van der Waals surface area contributed by atoms with Crippen molar-refractivity contribution in [2.24, 2.45) is 0 Å². The maximum atomic E-state index is 12.0. The molecule has 0 bridgehead atoms. The van der Waals surface area contributed by atoms with Gasteiger partial charge in [-0.2, -0.15) is 0 Å². The molecule has 0 rings (SSSR count). The van der Waals surface area contributed by atoms with Crippen LogP contribution in [-0.2, 0) is 4.79 Å². The van der Waals surface area contributed by atoms with Crippen molar-refractivity contribution < 1.29 is 4.79 Å². The third-order valence-corrected chi connectivity index (χ3v) is 5.99. The minimum Gasteiger partial charge on any atom is -0.288 e. The topological polar surface area (TPSA) is 32.3 Å². The molecule has 0 heterocycles. The van der Waals surface area contributed by atoms with Gasteiger partial charge in [0.25, 0.3) is 0 Å². The number of hydrogen-bond donors (Lipinski definition) is 1. The third-order valence-electron chi connectivity index (χ3n) is 5.99. The van der Waals surface area contributed by atoms with E-state index in [0.717, 1.165) is 12.8 Å². The summed E-state index contributed by atoms with van der Waals surface area (Å²) in [5.41, 5.74) is 2.93. The summed E-state index contributed by atoms with van der Waals surface area (Å²) in [4.78, 5) is 12.0. The molecule has 0 saturated carbocycles. The maximum absolute atomic E-state index is 12.0. The number of hydrazine groups is 1. The second-order valence-corrected chi connectivity index (χ2v) is 9.13. The third kappa shape index (κ3) is 23.4. The largest absolute Gasteiger partial charge is 0.288 e. The highest BCUT2D eigenvalue weighted by Gasteiger charge is 2.06. The van der Waals surface area contributed by atoms with Gasteiger partial charge in [-0.1, -0.05) is 135 Å². The lowest BCUT2D eigenvalue weighted by Crippen LogP contribution is -2.42. The summed E-state index contributed by atoms with van der Waals surface area (Å²) in [6.07, 6.45) is 30.3. The van der Waals surface area contributed by atoms with Crippen LogP contribution >= 0.6 is 0 Å². The molecule has 0 unspecified atom stereocenters. The number of carbonyl (C=O) groups excluding carboxylic acids is 1. The number of hydrogen-bond acceptors (Lipinski definition) is 2. The smallest absolute Gasteiger partial charge is 0.234 e. The van der Waals surface area contributed by atoms with Gasteiger partial charge in [0.15, 0.2) is 0 Å². The standard InChI is InChI=1S/C28H54N2O/c1-4-7-8-9-10-11-12-13-14-15-16-17-18-19-20-21-22-23-24-25-28(31)29-30(26-5-2)27-6-3/h5-6H,2-4,7-27H2,1H3,(H,29,31). The van der Waals surface area contributed by atoms with E-state index in [1.54, 1.807) is 12.2 Å². The first-order valence-electron chi connectivity index (χ1n) is 13.5. The lowest BCUT2D eigenvalue weighted by atomic mass is 10.0. The van der Waals surface area contributed by atoms with Crippen molar-refractivity contribution in [2.75, 3.05) is 13.1 Å². The van der Waals surface area contributed by atoms with Crippen LogP contribution in [0.5, 0.6) is 0 Å². The molecule has 0 radical (unpaired) electrons. The zero-order valence-electron chi connectivity index (χ0n) is 21.0. The van der Waals surface area contributed by atoms with Crippen LogP contribution in [-0.4, -0.2) is 24.0 Å². The Bertz CT molecular complexity index is 398. The van der Waals surface area contributed by atoms with Crippen LogP contribution in [0, 0.1) is 0 Å². The molecule has 3 heteroatoms. The second-order valence-electron chi connectivity index (χ2n) is 9.13. The number of unbranched alkanes of at least 4 members (excludes halogenated alkanes) is 18. The minimum atomic E-state index is 0.107. The van der Waals surface area contributed by atoms with Crippen LogP contribution in [0.2, 0.25) is 0 Å². The van der Waals surface area contributed by atoms with Gasteiger partial charge in [-0.25, -0.2) is 5.01 Å². The molecule has 0 atom stereocenters. The van der Waals surface area contributed by atoms with Crippen molar-refractivity contribution in [3.8, 4) is 0 Å². The Morgan fingerprint density at radius 3 is 1.26 bits per heavy atom. The highest BCUT2D eigenvalue weighted by atomic mass is 16.2. The zero-order valence-corrected chi connectivity index (χ0v) is 21.0. The van der Waals surface area contributed by atoms with E-state index in [9.17, 15) is 4.79 Å². The van der Waals surface area contributed by atoms with Gasteiger partial charge in [-0.15, -0.1) is 13.2 Å². The monoisotopic (exact) mass is 434 g/mol. The average molecular weight is 435 g/mol. The Labute approximate surface area is 195 Å². The molecule has 0 aromatic rings. The lowest BCUT2D eigenvalue weighted by molar-refractivity contribution is -0.125. The van der Waals surface area contributed by atoms with Gasteiger partial charge in [0.2, 0.25) is 5.91 Å². The van der Waals surface area contributed by atoms with E-state index in [0.29, 0.717) is 19.5 Å². The van der Waals surface area contributed by atoms with E-state index in [-0.39, 0.29) is 5.91 Å². The number of rotatable bonds is 25. The van der Waals surface area contributed by atoms with Crippen molar-refractivity contribution >= 4 is 5.91 Å². The van der Waals surface area contributed by atoms with Gasteiger partial charge in [0.05, 0.1) is 0 Å². The Morgan fingerprint density at radius 2 is 0.935 bits per heavy atom. The first-order chi connectivity index (χ1) is 15.2. The number of nitrogens with zero attached hydrogens (tertiary/aromatic N) is 1. The molecule has 0 aromatic carbocycles.